The number of anilines is 1. The van der Waals surface area contributed by atoms with Gasteiger partial charge in [0.1, 0.15) is 11.6 Å². The van der Waals surface area contributed by atoms with Gasteiger partial charge in [-0.2, -0.15) is 4.37 Å². The fourth-order valence-electron chi connectivity index (χ4n) is 2.72. The minimum Gasteiger partial charge on any atom is -0.317 e. The van der Waals surface area contributed by atoms with Gasteiger partial charge in [-0.1, -0.05) is 12.1 Å². The topological polar surface area (TPSA) is 58.1 Å². The second-order valence-electron chi connectivity index (χ2n) is 5.33. The Kier molecular flexibility index (Phi) is 4.33. The van der Waals surface area contributed by atoms with Gasteiger partial charge in [0, 0.05) is 18.1 Å². The molecule has 0 aliphatic carbocycles. The van der Waals surface area contributed by atoms with E-state index in [0.717, 1.165) is 24.8 Å². The number of halogens is 1. The Balaban J connectivity index is 1.77. The van der Waals surface area contributed by atoms with Crippen LogP contribution < -0.4 is 5.32 Å². The number of carbonyl (C=O) groups excluding carboxylic acids is 1. The van der Waals surface area contributed by atoms with E-state index in [9.17, 15) is 9.18 Å². The quantitative estimate of drug-likeness (QED) is 0.917. The third-order valence-corrected chi connectivity index (χ3v) is 4.48. The standard InChI is InChI=1S/C15H17FN4OS/c1-10-17-14(22-19-10)18-15(21)20-9-3-2-4-13(20)11-5-7-12(16)8-6-11/h5-8,13H,2-4,9H2,1H3,(H,17,18,19,21). The third kappa shape index (κ3) is 3.24. The molecule has 2 heterocycles. The zero-order chi connectivity index (χ0) is 15.5. The first kappa shape index (κ1) is 14.9. The molecule has 7 heteroatoms. The molecule has 0 saturated carbocycles. The van der Waals surface area contributed by atoms with Gasteiger partial charge in [0.15, 0.2) is 0 Å². The normalized spacial score (nSPS) is 18.3. The molecule has 1 aliphatic heterocycles. The highest BCUT2D eigenvalue weighted by Gasteiger charge is 2.28. The van der Waals surface area contributed by atoms with E-state index in [1.54, 1.807) is 24.0 Å². The van der Waals surface area contributed by atoms with Crippen molar-refractivity contribution in [3.05, 3.63) is 41.5 Å². The molecule has 2 aromatic rings. The summed E-state index contributed by atoms with van der Waals surface area (Å²) in [6.45, 7) is 2.47. The number of piperidine rings is 1. The largest absolute Gasteiger partial charge is 0.324 e. The van der Waals surface area contributed by atoms with Crippen molar-refractivity contribution in [2.24, 2.45) is 0 Å². The summed E-state index contributed by atoms with van der Waals surface area (Å²) in [5.41, 5.74) is 0.963. The third-order valence-electron chi connectivity index (χ3n) is 3.76. The average Bonchev–Trinajstić information content (AvgIpc) is 2.93. The van der Waals surface area contributed by atoms with Crippen molar-refractivity contribution in [2.45, 2.75) is 32.2 Å². The number of aryl methyl sites for hydroxylation is 1. The van der Waals surface area contributed by atoms with E-state index >= 15 is 0 Å². The highest BCUT2D eigenvalue weighted by Crippen LogP contribution is 2.31. The van der Waals surface area contributed by atoms with Gasteiger partial charge >= 0.3 is 6.03 Å². The SMILES string of the molecule is Cc1nsc(NC(=O)N2CCCCC2c2ccc(F)cc2)n1. The Morgan fingerprint density at radius 1 is 1.36 bits per heavy atom. The summed E-state index contributed by atoms with van der Waals surface area (Å²) in [4.78, 5) is 18.5. The number of urea groups is 1. The molecule has 1 fully saturated rings. The fourth-order valence-corrected chi connectivity index (χ4v) is 3.28. The Bertz CT molecular complexity index is 658. The van der Waals surface area contributed by atoms with Gasteiger partial charge in [-0.15, -0.1) is 0 Å². The first-order chi connectivity index (χ1) is 10.6. The number of amides is 2. The lowest BCUT2D eigenvalue weighted by atomic mass is 9.95. The minimum atomic E-state index is -0.264. The summed E-state index contributed by atoms with van der Waals surface area (Å²) in [7, 11) is 0. The molecule has 2 amide bonds. The van der Waals surface area contributed by atoms with E-state index < -0.39 is 0 Å². The Labute approximate surface area is 132 Å². The van der Waals surface area contributed by atoms with Gasteiger partial charge in [0.2, 0.25) is 5.13 Å². The summed E-state index contributed by atoms with van der Waals surface area (Å²) >= 11 is 1.17. The predicted octanol–water partition coefficient (Wildman–Crippen LogP) is 3.74. The molecule has 1 N–H and O–H groups in total. The van der Waals surface area contributed by atoms with Crippen LogP contribution in [0.1, 0.15) is 36.7 Å². The molecule has 1 aromatic carbocycles. The number of nitrogens with zero attached hydrogens (tertiary/aromatic N) is 3. The highest BCUT2D eigenvalue weighted by atomic mass is 32.1. The molecule has 116 valence electrons. The Hall–Kier alpha value is -2.02. The van der Waals surface area contributed by atoms with Crippen LogP contribution >= 0.6 is 11.5 Å². The Morgan fingerprint density at radius 2 is 2.14 bits per heavy atom. The fraction of sp³-hybridized carbons (Fsp3) is 0.400. The van der Waals surface area contributed by atoms with E-state index in [-0.39, 0.29) is 17.9 Å². The van der Waals surface area contributed by atoms with E-state index in [4.69, 9.17) is 0 Å². The first-order valence-corrected chi connectivity index (χ1v) is 8.04. The predicted molar refractivity (Wildman–Crippen MR) is 83.4 cm³/mol. The number of hydrogen-bond acceptors (Lipinski definition) is 4. The molecule has 1 saturated heterocycles. The van der Waals surface area contributed by atoms with Crippen molar-refractivity contribution in [1.82, 2.24) is 14.3 Å². The zero-order valence-electron chi connectivity index (χ0n) is 12.3. The van der Waals surface area contributed by atoms with Crippen LogP contribution in [0.5, 0.6) is 0 Å². The van der Waals surface area contributed by atoms with Crippen LogP contribution in [0.15, 0.2) is 24.3 Å². The van der Waals surface area contributed by atoms with Crippen LogP contribution in [0.3, 0.4) is 0 Å². The number of rotatable bonds is 2. The van der Waals surface area contributed by atoms with Gasteiger partial charge in [-0.3, -0.25) is 5.32 Å². The summed E-state index contributed by atoms with van der Waals surface area (Å²) < 4.78 is 17.2. The van der Waals surface area contributed by atoms with E-state index in [0.29, 0.717) is 17.5 Å². The van der Waals surface area contributed by atoms with Crippen LogP contribution in [0.4, 0.5) is 14.3 Å². The Morgan fingerprint density at radius 3 is 2.82 bits per heavy atom. The minimum absolute atomic E-state index is 0.0247. The van der Waals surface area contributed by atoms with Crippen LogP contribution in [-0.2, 0) is 0 Å². The molecule has 5 nitrogen and oxygen atoms in total. The van der Waals surface area contributed by atoms with Gasteiger partial charge in [-0.25, -0.2) is 14.2 Å². The lowest BCUT2D eigenvalue weighted by Gasteiger charge is -2.35. The lowest BCUT2D eigenvalue weighted by molar-refractivity contribution is 0.163. The number of carbonyl (C=O) groups is 1. The number of likely N-dealkylation sites (tertiary alicyclic amines) is 1. The zero-order valence-corrected chi connectivity index (χ0v) is 13.1. The molecule has 1 unspecified atom stereocenters. The summed E-state index contributed by atoms with van der Waals surface area (Å²) in [5.74, 6) is 0.383. The lowest BCUT2D eigenvalue weighted by Crippen LogP contribution is -2.41. The molecule has 22 heavy (non-hydrogen) atoms. The molecule has 1 aliphatic rings. The highest BCUT2D eigenvalue weighted by molar-refractivity contribution is 7.09. The molecule has 1 atom stereocenters. The number of benzene rings is 1. The van der Waals surface area contributed by atoms with Crippen LogP contribution in [0, 0.1) is 12.7 Å². The van der Waals surface area contributed by atoms with Crippen LogP contribution in [-0.4, -0.2) is 26.8 Å². The first-order valence-electron chi connectivity index (χ1n) is 7.27. The van der Waals surface area contributed by atoms with Crippen molar-refractivity contribution in [1.29, 1.82) is 0 Å². The molecule has 3 rings (SSSR count). The van der Waals surface area contributed by atoms with E-state index in [1.807, 2.05) is 0 Å². The number of aromatic nitrogens is 2. The van der Waals surface area contributed by atoms with Crippen molar-refractivity contribution in [3.8, 4) is 0 Å². The maximum absolute atomic E-state index is 13.1. The molecule has 0 radical (unpaired) electrons. The van der Waals surface area contributed by atoms with Crippen molar-refractivity contribution < 1.29 is 9.18 Å². The number of hydrogen-bond donors (Lipinski definition) is 1. The molecule has 1 aromatic heterocycles. The van der Waals surface area contributed by atoms with Crippen molar-refractivity contribution in [2.75, 3.05) is 11.9 Å². The second-order valence-corrected chi connectivity index (χ2v) is 6.09. The molecule has 0 bridgehead atoms. The van der Waals surface area contributed by atoms with E-state index in [1.165, 1.54) is 23.7 Å². The van der Waals surface area contributed by atoms with E-state index in [2.05, 4.69) is 14.7 Å². The van der Waals surface area contributed by atoms with Crippen LogP contribution in [0.2, 0.25) is 0 Å². The van der Waals surface area contributed by atoms with Gasteiger partial charge in [0.25, 0.3) is 0 Å². The van der Waals surface area contributed by atoms with Crippen molar-refractivity contribution >= 4 is 22.7 Å². The smallest absolute Gasteiger partial charge is 0.317 e. The van der Waals surface area contributed by atoms with Crippen LogP contribution in [0.25, 0.3) is 0 Å². The molecule has 0 spiro atoms. The maximum Gasteiger partial charge on any atom is 0.324 e. The van der Waals surface area contributed by atoms with Gasteiger partial charge in [0.05, 0.1) is 6.04 Å². The van der Waals surface area contributed by atoms with Crippen molar-refractivity contribution in [3.63, 3.8) is 0 Å². The molecular weight excluding hydrogens is 303 g/mol. The monoisotopic (exact) mass is 320 g/mol. The maximum atomic E-state index is 13.1. The molecular formula is C15H17FN4OS. The summed E-state index contributed by atoms with van der Waals surface area (Å²) in [6.07, 6.45) is 2.91. The number of nitrogens with one attached hydrogen (secondary N) is 1. The average molecular weight is 320 g/mol. The summed E-state index contributed by atoms with van der Waals surface area (Å²) in [5, 5.41) is 3.31. The second kappa shape index (κ2) is 6.39. The van der Waals surface area contributed by atoms with Gasteiger partial charge in [-0.05, 0) is 43.9 Å². The summed E-state index contributed by atoms with van der Waals surface area (Å²) in [6, 6.07) is 6.18. The van der Waals surface area contributed by atoms with Gasteiger partial charge < -0.3 is 4.90 Å².